The molecule has 6 heteroatoms. The Labute approximate surface area is 137 Å². The Balaban J connectivity index is 1.71. The summed E-state index contributed by atoms with van der Waals surface area (Å²) in [5, 5.41) is 0.589. The molecule has 4 rings (SSSR count). The first kappa shape index (κ1) is 13.8. The number of halogens is 1. The number of thioether (sulfide) groups is 1. The molecule has 4 nitrogen and oxygen atoms in total. The molecule has 2 heterocycles. The third-order valence-electron chi connectivity index (χ3n) is 3.65. The summed E-state index contributed by atoms with van der Waals surface area (Å²) in [7, 11) is 0. The number of carbonyl (C=O) groups is 1. The first-order valence-corrected chi connectivity index (χ1v) is 8.24. The van der Waals surface area contributed by atoms with Crippen molar-refractivity contribution in [2.24, 2.45) is 0 Å². The van der Waals surface area contributed by atoms with E-state index in [2.05, 4.69) is 0 Å². The Hall–Kier alpha value is -1.85. The second kappa shape index (κ2) is 5.41. The number of amides is 1. The summed E-state index contributed by atoms with van der Waals surface area (Å²) in [5.74, 6) is 2.03. The van der Waals surface area contributed by atoms with E-state index >= 15 is 0 Å². The van der Waals surface area contributed by atoms with E-state index in [0.717, 1.165) is 22.7 Å². The molecule has 1 atom stereocenters. The van der Waals surface area contributed by atoms with Gasteiger partial charge in [-0.15, -0.1) is 11.8 Å². The average molecular weight is 334 g/mol. The van der Waals surface area contributed by atoms with Gasteiger partial charge >= 0.3 is 0 Å². The Kier molecular flexibility index (Phi) is 3.39. The number of ether oxygens (including phenoxy) is 2. The lowest BCUT2D eigenvalue weighted by molar-refractivity contribution is -0.115. The molecule has 2 aromatic carbocycles. The Morgan fingerprint density at radius 1 is 1.09 bits per heavy atom. The van der Waals surface area contributed by atoms with Crippen molar-refractivity contribution >= 4 is 35.0 Å². The van der Waals surface area contributed by atoms with Gasteiger partial charge in [-0.2, -0.15) is 0 Å². The van der Waals surface area contributed by atoms with Crippen molar-refractivity contribution in [3.05, 3.63) is 53.1 Å². The van der Waals surface area contributed by atoms with Crippen molar-refractivity contribution in [2.75, 3.05) is 17.4 Å². The molecule has 2 aliphatic rings. The van der Waals surface area contributed by atoms with Crippen molar-refractivity contribution in [3.63, 3.8) is 0 Å². The maximum atomic E-state index is 12.3. The van der Waals surface area contributed by atoms with Gasteiger partial charge in [0.15, 0.2) is 11.5 Å². The number of nitrogens with zero attached hydrogens (tertiary/aromatic N) is 1. The van der Waals surface area contributed by atoms with Crippen molar-refractivity contribution in [3.8, 4) is 11.5 Å². The number of hydrogen-bond acceptors (Lipinski definition) is 4. The van der Waals surface area contributed by atoms with Gasteiger partial charge in [-0.3, -0.25) is 9.69 Å². The van der Waals surface area contributed by atoms with E-state index in [0.29, 0.717) is 10.8 Å². The van der Waals surface area contributed by atoms with Gasteiger partial charge in [0.05, 0.1) is 5.75 Å². The van der Waals surface area contributed by atoms with Crippen LogP contribution < -0.4 is 14.4 Å². The summed E-state index contributed by atoms with van der Waals surface area (Å²) in [5.41, 5.74) is 1.87. The van der Waals surface area contributed by atoms with Crippen LogP contribution in [0.1, 0.15) is 10.9 Å². The van der Waals surface area contributed by atoms with Gasteiger partial charge in [-0.25, -0.2) is 0 Å². The van der Waals surface area contributed by atoms with E-state index in [1.165, 1.54) is 0 Å². The minimum Gasteiger partial charge on any atom is -0.454 e. The second-order valence-corrected chi connectivity index (χ2v) is 6.52. The molecule has 2 aromatic rings. The molecule has 0 spiro atoms. The predicted molar refractivity (Wildman–Crippen MR) is 86.7 cm³/mol. The fourth-order valence-corrected chi connectivity index (χ4v) is 3.91. The van der Waals surface area contributed by atoms with Crippen LogP contribution in [0, 0.1) is 0 Å². The maximum absolute atomic E-state index is 12.3. The Morgan fingerprint density at radius 2 is 1.86 bits per heavy atom. The van der Waals surface area contributed by atoms with Crippen LogP contribution in [-0.4, -0.2) is 18.5 Å². The van der Waals surface area contributed by atoms with Crippen molar-refractivity contribution in [1.82, 2.24) is 0 Å². The summed E-state index contributed by atoms with van der Waals surface area (Å²) in [6.07, 6.45) is 0. The topological polar surface area (TPSA) is 38.8 Å². The summed E-state index contributed by atoms with van der Waals surface area (Å²) in [6.45, 7) is 0.246. The van der Waals surface area contributed by atoms with Crippen LogP contribution in [0.3, 0.4) is 0 Å². The highest BCUT2D eigenvalue weighted by atomic mass is 35.5. The number of benzene rings is 2. The lowest BCUT2D eigenvalue weighted by Gasteiger charge is -2.24. The smallest absolute Gasteiger partial charge is 0.238 e. The molecular weight excluding hydrogens is 322 g/mol. The van der Waals surface area contributed by atoms with Gasteiger partial charge in [-0.1, -0.05) is 17.7 Å². The Morgan fingerprint density at radius 3 is 2.68 bits per heavy atom. The lowest BCUT2D eigenvalue weighted by Crippen LogP contribution is -2.27. The van der Waals surface area contributed by atoms with Gasteiger partial charge in [0.2, 0.25) is 12.7 Å². The number of carbonyl (C=O) groups excluding carboxylic acids is 1. The maximum Gasteiger partial charge on any atom is 0.238 e. The third kappa shape index (κ3) is 2.30. The van der Waals surface area contributed by atoms with E-state index in [4.69, 9.17) is 21.1 Å². The molecule has 2 aliphatic heterocycles. The van der Waals surface area contributed by atoms with Crippen LogP contribution in [0.15, 0.2) is 42.5 Å². The lowest BCUT2D eigenvalue weighted by atomic mass is 10.1. The SMILES string of the molecule is O=C1CSC(c2ccc3c(c2)OCO3)N1c1ccc(Cl)cc1. The number of anilines is 1. The van der Waals surface area contributed by atoms with Crippen LogP contribution in [0.25, 0.3) is 0 Å². The molecule has 1 unspecified atom stereocenters. The molecule has 22 heavy (non-hydrogen) atoms. The minimum absolute atomic E-state index is 0.0665. The van der Waals surface area contributed by atoms with Gasteiger partial charge in [-0.05, 0) is 42.0 Å². The standard InChI is InChI=1S/C16H12ClNO3S/c17-11-2-4-12(5-3-11)18-15(19)8-22-16(18)10-1-6-13-14(7-10)21-9-20-13/h1-7,16H,8-9H2. The first-order valence-electron chi connectivity index (χ1n) is 6.81. The van der Waals surface area contributed by atoms with Crippen LogP contribution in [-0.2, 0) is 4.79 Å². The van der Waals surface area contributed by atoms with E-state index in [1.54, 1.807) is 28.8 Å². The van der Waals surface area contributed by atoms with Gasteiger partial charge < -0.3 is 9.47 Å². The molecule has 0 bridgehead atoms. The summed E-state index contributed by atoms with van der Waals surface area (Å²) in [6, 6.07) is 13.1. The quantitative estimate of drug-likeness (QED) is 0.837. The molecule has 112 valence electrons. The number of fused-ring (bicyclic) bond motifs is 1. The van der Waals surface area contributed by atoms with E-state index in [9.17, 15) is 4.79 Å². The zero-order chi connectivity index (χ0) is 15.1. The van der Waals surface area contributed by atoms with Gasteiger partial charge in [0.25, 0.3) is 0 Å². The van der Waals surface area contributed by atoms with Gasteiger partial charge in [0, 0.05) is 10.7 Å². The summed E-state index contributed by atoms with van der Waals surface area (Å²) in [4.78, 5) is 14.1. The van der Waals surface area contributed by atoms with Crippen LogP contribution in [0.4, 0.5) is 5.69 Å². The molecule has 0 N–H and O–H groups in total. The normalized spacial score (nSPS) is 19.8. The van der Waals surface area contributed by atoms with Crippen molar-refractivity contribution in [2.45, 2.75) is 5.37 Å². The highest BCUT2D eigenvalue weighted by molar-refractivity contribution is 8.00. The largest absolute Gasteiger partial charge is 0.454 e. The number of hydrogen-bond donors (Lipinski definition) is 0. The Bertz CT molecular complexity index is 735. The molecule has 0 saturated carbocycles. The number of rotatable bonds is 2. The van der Waals surface area contributed by atoms with Crippen molar-refractivity contribution < 1.29 is 14.3 Å². The fourth-order valence-electron chi connectivity index (χ4n) is 2.62. The van der Waals surface area contributed by atoms with Crippen molar-refractivity contribution in [1.29, 1.82) is 0 Å². The van der Waals surface area contributed by atoms with Gasteiger partial charge in [0.1, 0.15) is 5.37 Å². The summed E-state index contributed by atoms with van der Waals surface area (Å²) >= 11 is 7.54. The zero-order valence-electron chi connectivity index (χ0n) is 11.5. The molecule has 0 radical (unpaired) electrons. The monoisotopic (exact) mass is 333 g/mol. The third-order valence-corrected chi connectivity index (χ3v) is 5.12. The fraction of sp³-hybridized carbons (Fsp3) is 0.188. The van der Waals surface area contributed by atoms with Crippen LogP contribution in [0.2, 0.25) is 5.02 Å². The summed E-state index contributed by atoms with van der Waals surface area (Å²) < 4.78 is 10.8. The predicted octanol–water partition coefficient (Wildman–Crippen LogP) is 3.85. The van der Waals surface area contributed by atoms with Crippen LogP contribution >= 0.6 is 23.4 Å². The highest BCUT2D eigenvalue weighted by Gasteiger charge is 2.34. The second-order valence-electron chi connectivity index (χ2n) is 5.02. The zero-order valence-corrected chi connectivity index (χ0v) is 13.1. The van der Waals surface area contributed by atoms with Crippen LogP contribution in [0.5, 0.6) is 11.5 Å². The minimum atomic E-state index is -0.0665. The highest BCUT2D eigenvalue weighted by Crippen LogP contribution is 2.44. The molecule has 1 saturated heterocycles. The molecule has 0 aliphatic carbocycles. The van der Waals surface area contributed by atoms with E-state index in [1.807, 2.05) is 30.3 Å². The molecule has 1 fully saturated rings. The average Bonchev–Trinajstić information content (AvgIpc) is 3.14. The molecule has 0 aromatic heterocycles. The molecule has 1 amide bonds. The first-order chi connectivity index (χ1) is 10.7. The van der Waals surface area contributed by atoms with E-state index < -0.39 is 0 Å². The molecular formula is C16H12ClNO3S. The van der Waals surface area contributed by atoms with E-state index in [-0.39, 0.29) is 18.1 Å².